The maximum atomic E-state index is 12.1. The number of rotatable bonds is 25. The summed E-state index contributed by atoms with van der Waals surface area (Å²) in [4.78, 5) is 42.0. The maximum absolute atomic E-state index is 12.1. The Morgan fingerprint density at radius 2 is 1.03 bits per heavy atom. The number of phosphoric ester groups is 1. The lowest BCUT2D eigenvalue weighted by molar-refractivity contribution is -0.161. The second-order valence-electron chi connectivity index (χ2n) is 9.38. The van der Waals surface area contributed by atoms with Gasteiger partial charge in [-0.05, 0) is 12.8 Å². The van der Waals surface area contributed by atoms with Crippen LogP contribution in [0.3, 0.4) is 0 Å². The van der Waals surface area contributed by atoms with Gasteiger partial charge in [-0.3, -0.25) is 14.1 Å². The third-order valence-corrected chi connectivity index (χ3v) is 6.36. The van der Waals surface area contributed by atoms with Gasteiger partial charge in [0, 0.05) is 12.8 Å². The summed E-state index contributed by atoms with van der Waals surface area (Å²) in [5.41, 5.74) is 0. The Hall–Kier alpha value is -0.950. The molecule has 8 nitrogen and oxygen atoms in total. The molecule has 208 valence electrons. The van der Waals surface area contributed by atoms with Crippen LogP contribution in [0.5, 0.6) is 0 Å². The van der Waals surface area contributed by atoms with Gasteiger partial charge in [0.15, 0.2) is 6.10 Å². The third kappa shape index (κ3) is 25.9. The predicted molar refractivity (Wildman–Crippen MR) is 138 cm³/mol. The van der Waals surface area contributed by atoms with Gasteiger partial charge in [-0.2, -0.15) is 0 Å². The number of phosphoric acid groups is 1. The molecule has 0 aliphatic carbocycles. The number of carbonyl (C=O) groups is 2. The zero-order chi connectivity index (χ0) is 26.2. The Bertz CT molecular complexity index is 564. The topological polar surface area (TPSA) is 119 Å². The van der Waals surface area contributed by atoms with Crippen LogP contribution < -0.4 is 0 Å². The summed E-state index contributed by atoms with van der Waals surface area (Å²) in [6.45, 7) is 3.57. The molecule has 0 saturated carbocycles. The van der Waals surface area contributed by atoms with E-state index in [1.165, 1.54) is 64.2 Å². The van der Waals surface area contributed by atoms with Crippen molar-refractivity contribution in [1.29, 1.82) is 0 Å². The van der Waals surface area contributed by atoms with Crippen molar-refractivity contribution in [1.82, 2.24) is 0 Å². The Kier molecular flexibility index (Phi) is 22.8. The van der Waals surface area contributed by atoms with Crippen LogP contribution in [0.4, 0.5) is 0 Å². The van der Waals surface area contributed by atoms with E-state index in [9.17, 15) is 14.2 Å². The van der Waals surface area contributed by atoms with Crippen molar-refractivity contribution in [3.63, 3.8) is 0 Å². The molecule has 9 heteroatoms. The molecule has 2 N–H and O–H groups in total. The van der Waals surface area contributed by atoms with Gasteiger partial charge >= 0.3 is 19.8 Å². The van der Waals surface area contributed by atoms with E-state index in [1.54, 1.807) is 0 Å². The molecule has 1 atom stereocenters. The van der Waals surface area contributed by atoms with E-state index < -0.39 is 32.5 Å². The first-order chi connectivity index (χ1) is 16.8. The van der Waals surface area contributed by atoms with Crippen LogP contribution in [-0.4, -0.2) is 41.0 Å². The van der Waals surface area contributed by atoms with Gasteiger partial charge in [0.1, 0.15) is 6.61 Å². The van der Waals surface area contributed by atoms with E-state index in [1.807, 2.05) is 0 Å². The molecule has 0 aromatic rings. The first-order valence-electron chi connectivity index (χ1n) is 13.8. The molecule has 0 fully saturated rings. The Morgan fingerprint density at radius 1 is 0.629 bits per heavy atom. The minimum Gasteiger partial charge on any atom is -0.462 e. The number of unbranched alkanes of at least 4 members (excludes halogenated alkanes) is 15. The second kappa shape index (κ2) is 23.4. The molecular formula is C26H51O8P. The van der Waals surface area contributed by atoms with Crippen molar-refractivity contribution in [2.45, 2.75) is 142 Å². The van der Waals surface area contributed by atoms with E-state index in [4.69, 9.17) is 19.3 Å². The molecule has 0 aliphatic rings. The number of hydrogen-bond acceptors (Lipinski definition) is 6. The van der Waals surface area contributed by atoms with E-state index in [-0.39, 0.29) is 19.4 Å². The second-order valence-corrected chi connectivity index (χ2v) is 10.6. The highest BCUT2D eigenvalue weighted by atomic mass is 31.2. The molecule has 0 aromatic heterocycles. The van der Waals surface area contributed by atoms with Gasteiger partial charge in [0.05, 0.1) is 6.61 Å². The average Bonchev–Trinajstić information content (AvgIpc) is 2.81. The zero-order valence-corrected chi connectivity index (χ0v) is 23.1. The highest BCUT2D eigenvalue weighted by Crippen LogP contribution is 2.35. The lowest BCUT2D eigenvalue weighted by atomic mass is 10.1. The van der Waals surface area contributed by atoms with Crippen LogP contribution in [0.1, 0.15) is 136 Å². The fourth-order valence-electron chi connectivity index (χ4n) is 3.78. The van der Waals surface area contributed by atoms with Crippen LogP contribution in [-0.2, 0) is 28.2 Å². The number of esters is 2. The lowest BCUT2D eigenvalue weighted by Gasteiger charge is -2.18. The Morgan fingerprint density at radius 3 is 1.46 bits per heavy atom. The third-order valence-electron chi connectivity index (χ3n) is 5.88. The van der Waals surface area contributed by atoms with Crippen molar-refractivity contribution in [2.24, 2.45) is 0 Å². The van der Waals surface area contributed by atoms with E-state index in [0.717, 1.165) is 38.5 Å². The zero-order valence-electron chi connectivity index (χ0n) is 22.2. The summed E-state index contributed by atoms with van der Waals surface area (Å²) in [6, 6.07) is 0. The molecule has 0 saturated heterocycles. The van der Waals surface area contributed by atoms with Crippen molar-refractivity contribution in [2.75, 3.05) is 13.2 Å². The van der Waals surface area contributed by atoms with Gasteiger partial charge < -0.3 is 19.3 Å². The van der Waals surface area contributed by atoms with Crippen LogP contribution in [0.15, 0.2) is 0 Å². The van der Waals surface area contributed by atoms with Crippen molar-refractivity contribution in [3.05, 3.63) is 0 Å². The van der Waals surface area contributed by atoms with Gasteiger partial charge in [-0.25, -0.2) is 4.57 Å². The molecule has 35 heavy (non-hydrogen) atoms. The van der Waals surface area contributed by atoms with Crippen molar-refractivity contribution >= 4 is 19.8 Å². The summed E-state index contributed by atoms with van der Waals surface area (Å²) in [6.07, 6.45) is 18.6. The molecule has 0 bridgehead atoms. The molecule has 0 heterocycles. The van der Waals surface area contributed by atoms with Crippen LogP contribution >= 0.6 is 7.82 Å². The largest absolute Gasteiger partial charge is 0.469 e. The molecule has 0 aromatic carbocycles. The van der Waals surface area contributed by atoms with Crippen LogP contribution in [0.25, 0.3) is 0 Å². The highest BCUT2D eigenvalue weighted by molar-refractivity contribution is 7.46. The summed E-state index contributed by atoms with van der Waals surface area (Å²) in [5.74, 6) is -0.891. The standard InChI is InChI=1S/C26H51O8P/c1-3-5-7-9-11-12-13-15-16-18-20-25(27)32-22-24(23-33-35(29,30)31)34-26(28)21-19-17-14-10-8-6-4-2/h24H,3-23H2,1-2H3,(H2,29,30,31)/t24-/m1/s1. The molecule has 0 amide bonds. The summed E-state index contributed by atoms with van der Waals surface area (Å²) in [5, 5.41) is 0. The Balaban J connectivity index is 4.08. The molecule has 0 rings (SSSR count). The van der Waals surface area contributed by atoms with Crippen molar-refractivity contribution < 1.29 is 37.9 Å². The van der Waals surface area contributed by atoms with Gasteiger partial charge in [-0.15, -0.1) is 0 Å². The smallest absolute Gasteiger partial charge is 0.462 e. The minimum atomic E-state index is -4.72. The van der Waals surface area contributed by atoms with E-state index >= 15 is 0 Å². The van der Waals surface area contributed by atoms with E-state index in [0.29, 0.717) is 6.42 Å². The fourth-order valence-corrected chi connectivity index (χ4v) is 4.14. The number of carbonyl (C=O) groups excluding carboxylic acids is 2. The first kappa shape index (κ1) is 34.0. The van der Waals surface area contributed by atoms with Crippen LogP contribution in [0, 0.1) is 0 Å². The Labute approximate surface area is 213 Å². The summed E-state index contributed by atoms with van der Waals surface area (Å²) in [7, 11) is -4.72. The lowest BCUT2D eigenvalue weighted by Crippen LogP contribution is -2.29. The normalized spacial score (nSPS) is 12.5. The fraction of sp³-hybridized carbons (Fsp3) is 0.923. The molecule has 0 aliphatic heterocycles. The molecule has 0 unspecified atom stereocenters. The average molecular weight is 523 g/mol. The van der Waals surface area contributed by atoms with Gasteiger partial charge in [-0.1, -0.05) is 110 Å². The van der Waals surface area contributed by atoms with Crippen molar-refractivity contribution in [3.8, 4) is 0 Å². The first-order valence-corrected chi connectivity index (χ1v) is 15.4. The maximum Gasteiger partial charge on any atom is 0.469 e. The predicted octanol–water partition coefficient (Wildman–Crippen LogP) is 7.00. The number of ether oxygens (including phenoxy) is 2. The number of hydrogen-bond donors (Lipinski definition) is 2. The molecular weight excluding hydrogens is 471 g/mol. The highest BCUT2D eigenvalue weighted by Gasteiger charge is 2.22. The van der Waals surface area contributed by atoms with Gasteiger partial charge in [0.25, 0.3) is 0 Å². The molecule has 0 radical (unpaired) electrons. The van der Waals surface area contributed by atoms with Gasteiger partial charge in [0.2, 0.25) is 0 Å². The SMILES string of the molecule is CCCCCCCCCCCCC(=O)OC[C@H](COP(=O)(O)O)OC(=O)CCCCCCCCC. The summed E-state index contributed by atoms with van der Waals surface area (Å²) >= 11 is 0. The molecule has 0 spiro atoms. The monoisotopic (exact) mass is 522 g/mol. The van der Waals surface area contributed by atoms with Crippen LogP contribution in [0.2, 0.25) is 0 Å². The summed E-state index contributed by atoms with van der Waals surface area (Å²) < 4.78 is 25.9. The quantitative estimate of drug-likeness (QED) is 0.0747. The van der Waals surface area contributed by atoms with E-state index in [2.05, 4.69) is 18.4 Å². The minimum absolute atomic E-state index is 0.215.